The average Bonchev–Trinajstić information content (AvgIpc) is 1.52. The molecule has 10 aromatic carbocycles. The summed E-state index contributed by atoms with van der Waals surface area (Å²) in [6.45, 7) is 67.7. The number of amides is 1. The number of phenolic OH excluding ortho intramolecular Hbond substituents is 1. The fraction of sp³-hybridized carbons (Fsp3) is 0.508. The van der Waals surface area contributed by atoms with E-state index in [2.05, 4.69) is 346 Å². The van der Waals surface area contributed by atoms with Crippen molar-refractivity contribution in [3.05, 3.63) is 294 Å². The van der Waals surface area contributed by atoms with Gasteiger partial charge in [-0.2, -0.15) is 17.6 Å². The van der Waals surface area contributed by atoms with Crippen LogP contribution in [-0.2, 0) is 97.6 Å². The number of thioether (sulfide) groups is 1. The SMILES string of the molecule is CC(C)(C)c1cc2c(cc1O)CCCC2.CC(C)(C)c1ccc2c(c1)C(O)CCC2.CC(C)(C)c1ccc2c(c1)CCCC2.CC(C)(C)c1ccc2c(c1)NC(=O)CS2.CC(C)(C)c1ccc2c(c1)NCCO2.CC(C)(C)c1ccc2c(c1)OC(F)(F)C(F)(F)O2.CC(C)(C)c1ccc2c(c1)OC(F)(F)O2.CC(C)(C)c1ccc2c(c1)OCCC2(C)C.CN1Cc2c(cccc2C(C)(C)C)C(c2ccccc2)C1. The van der Waals surface area contributed by atoms with Crippen LogP contribution >= 0.6 is 11.8 Å². The lowest BCUT2D eigenvalue weighted by Crippen LogP contribution is -2.52. The van der Waals surface area contributed by atoms with Gasteiger partial charge >= 0.3 is 18.5 Å². The lowest BCUT2D eigenvalue weighted by molar-refractivity contribution is -0.391. The third-order valence-electron chi connectivity index (χ3n) is 27.7. The predicted octanol–water partition coefficient (Wildman–Crippen LogP) is 32.5. The Balaban J connectivity index is 0.000000154. The highest BCUT2D eigenvalue weighted by Crippen LogP contribution is 2.51. The number of aliphatic hydroxyl groups is 1. The second-order valence-electron chi connectivity index (χ2n) is 49.6. The number of aryl methyl sites for hydroxylation is 5. The molecule has 9 aliphatic rings. The van der Waals surface area contributed by atoms with Gasteiger partial charge in [0.05, 0.1) is 29.8 Å². The molecule has 0 spiro atoms. The normalized spacial score (nSPS) is 18.1. The van der Waals surface area contributed by atoms with Crippen LogP contribution in [0.3, 0.4) is 0 Å². The van der Waals surface area contributed by atoms with Crippen LogP contribution in [0.2, 0.25) is 0 Å². The molecule has 0 radical (unpaired) electrons. The molecule has 19 heteroatoms. The number of hydrogen-bond acceptors (Lipinski definition) is 12. The summed E-state index contributed by atoms with van der Waals surface area (Å²) in [5.74, 6) is 3.08. The molecule has 143 heavy (non-hydrogen) atoms. The molecule has 3 aliphatic carbocycles. The van der Waals surface area contributed by atoms with Gasteiger partial charge in [0.1, 0.15) is 23.9 Å². The molecule has 1 amide bonds. The molecule has 2 atom stereocenters. The third kappa shape index (κ3) is 30.3. The zero-order valence-electron chi connectivity index (χ0n) is 91.2. The monoisotopic (exact) mass is 1980 g/mol. The van der Waals surface area contributed by atoms with Gasteiger partial charge in [-0.3, -0.25) is 4.79 Å². The number of aliphatic hydroxyl groups excluding tert-OH is 1. The number of halogens is 6. The molecule has 0 saturated heterocycles. The summed E-state index contributed by atoms with van der Waals surface area (Å²) in [5, 5.41) is 26.2. The molecule has 12 nitrogen and oxygen atoms in total. The summed E-state index contributed by atoms with van der Waals surface area (Å²) in [6, 6.07) is 64.0. The highest BCUT2D eigenvalue weighted by Gasteiger charge is 2.66. The summed E-state index contributed by atoms with van der Waals surface area (Å²) >= 11 is 1.60. The average molecular weight is 1990 g/mol. The first kappa shape index (κ1) is 113. The van der Waals surface area contributed by atoms with E-state index in [4.69, 9.17) is 9.47 Å². The summed E-state index contributed by atoms with van der Waals surface area (Å²) < 4.78 is 105. The minimum atomic E-state index is -4.67. The van der Waals surface area contributed by atoms with Gasteiger partial charge in [0.15, 0.2) is 23.0 Å². The highest BCUT2D eigenvalue weighted by atomic mass is 32.2. The van der Waals surface area contributed by atoms with Crippen molar-refractivity contribution >= 4 is 29.0 Å². The Morgan fingerprint density at radius 3 is 1.38 bits per heavy atom. The predicted molar refractivity (Wildman–Crippen MR) is 578 cm³/mol. The molecule has 19 rings (SSSR count). The number of phenols is 1. The minimum Gasteiger partial charge on any atom is -0.508 e. The first-order valence-corrected chi connectivity index (χ1v) is 52.3. The van der Waals surface area contributed by atoms with E-state index in [1.807, 2.05) is 47.6 Å². The first-order valence-electron chi connectivity index (χ1n) is 51.4. The van der Waals surface area contributed by atoms with Crippen LogP contribution < -0.4 is 39.1 Å². The van der Waals surface area contributed by atoms with Crippen molar-refractivity contribution in [2.75, 3.05) is 49.7 Å². The van der Waals surface area contributed by atoms with E-state index in [9.17, 15) is 41.4 Å². The number of nitrogens with one attached hydrogen (secondary N) is 2. The molecule has 0 bridgehead atoms. The van der Waals surface area contributed by atoms with Gasteiger partial charge in [-0.1, -0.05) is 328 Å². The van der Waals surface area contributed by atoms with Gasteiger partial charge in [0.2, 0.25) is 5.91 Å². The van der Waals surface area contributed by atoms with E-state index in [0.717, 1.165) is 105 Å². The first-order chi connectivity index (χ1) is 66.2. The van der Waals surface area contributed by atoms with Crippen molar-refractivity contribution in [1.82, 2.24) is 4.90 Å². The number of likely N-dealkylation sites (N-methyl/N-ethyl adjacent to an activating group) is 1. The Kier molecular flexibility index (Phi) is 35.4. The number of carbonyl (C=O) groups excluding carboxylic acids is 1. The third-order valence-corrected chi connectivity index (χ3v) is 28.8. The van der Waals surface area contributed by atoms with Gasteiger partial charge in [-0.25, -0.2) is 0 Å². The lowest BCUT2D eigenvalue weighted by atomic mass is 9.76. The fourth-order valence-corrected chi connectivity index (χ4v) is 19.5. The molecule has 4 N–H and O–H groups in total. The van der Waals surface area contributed by atoms with Gasteiger partial charge in [0.25, 0.3) is 0 Å². The van der Waals surface area contributed by atoms with Gasteiger partial charge in [0, 0.05) is 30.4 Å². The van der Waals surface area contributed by atoms with Crippen LogP contribution in [0.5, 0.6) is 40.2 Å². The summed E-state index contributed by atoms with van der Waals surface area (Å²) in [5.41, 5.74) is 28.4. The molecule has 6 aliphatic heterocycles. The van der Waals surface area contributed by atoms with Crippen LogP contribution in [0, 0.1) is 0 Å². The number of nitrogens with zero attached hydrogens (tertiary/aromatic N) is 1. The van der Waals surface area contributed by atoms with Crippen molar-refractivity contribution in [2.24, 2.45) is 0 Å². The van der Waals surface area contributed by atoms with E-state index >= 15 is 0 Å². The molecule has 2 unspecified atom stereocenters. The maximum atomic E-state index is 13.0. The molecule has 0 aromatic heterocycles. The Hall–Kier alpha value is -10.1. The number of carbonyl (C=O) groups is 1. The molecule has 10 aromatic rings. The van der Waals surface area contributed by atoms with E-state index in [1.54, 1.807) is 41.1 Å². The zero-order chi connectivity index (χ0) is 106. The maximum absolute atomic E-state index is 13.0. The van der Waals surface area contributed by atoms with Crippen LogP contribution in [-0.4, -0.2) is 78.6 Å². The number of ether oxygens (including phenoxy) is 6. The molecule has 776 valence electrons. The highest BCUT2D eigenvalue weighted by molar-refractivity contribution is 8.00. The maximum Gasteiger partial charge on any atom is 0.586 e. The fourth-order valence-electron chi connectivity index (χ4n) is 18.7. The van der Waals surface area contributed by atoms with Crippen LogP contribution in [0.25, 0.3) is 0 Å². The van der Waals surface area contributed by atoms with E-state index < -0.39 is 18.5 Å². The van der Waals surface area contributed by atoms with Gasteiger partial charge in [-0.05, 0) is 305 Å². The number of benzene rings is 10. The Labute approximate surface area is 856 Å². The van der Waals surface area contributed by atoms with Crippen LogP contribution in [0.4, 0.5) is 37.7 Å². The number of aromatic hydroxyl groups is 1. The van der Waals surface area contributed by atoms with Crippen molar-refractivity contribution in [1.29, 1.82) is 0 Å². The quantitative estimate of drug-likeness (QED) is 0.116. The van der Waals surface area contributed by atoms with Crippen molar-refractivity contribution in [3.63, 3.8) is 0 Å². The Bertz CT molecular complexity index is 5950. The Morgan fingerprint density at radius 1 is 0.399 bits per heavy atom. The van der Waals surface area contributed by atoms with E-state index in [1.165, 1.54) is 140 Å². The number of alkyl halides is 6. The Morgan fingerprint density at radius 2 is 0.832 bits per heavy atom. The number of hydrogen-bond donors (Lipinski definition) is 4. The largest absolute Gasteiger partial charge is 0.586 e. The summed E-state index contributed by atoms with van der Waals surface area (Å²) in [7, 11) is 2.23. The summed E-state index contributed by atoms with van der Waals surface area (Å²) in [4.78, 5) is 14.9. The van der Waals surface area contributed by atoms with Crippen molar-refractivity contribution < 1.29 is 69.8 Å². The lowest BCUT2D eigenvalue weighted by Gasteiger charge is -2.36. The number of anilines is 2. The number of rotatable bonds is 1. The minimum absolute atomic E-state index is 0.0383. The molecular formula is C124H163F6N3O9S. The molecule has 0 saturated carbocycles. The number of fused-ring (bicyclic) bond motifs is 9. The molecule has 0 fully saturated rings. The summed E-state index contributed by atoms with van der Waals surface area (Å²) in [6.07, 6.45) is 1.36. The standard InChI is InChI=1S/C20H25N.C15H22O.2C14H20O.C14H20.C12H12F4O2.C12H15NOS.C12H17NO.C11H12F2O2/c1-20(2,3)19-12-8-11-16-17(13-21(4)14-18(16)19)15-9-6-5-7-10-15;1-14(2,3)11-6-7-12-13(10-11)16-9-8-15(12,4)5;1-14(2,3)11-8-7-10-5-4-6-13(15)12(10)9-11;1-14(2,3)12-8-10-6-4-5-7-11(10)9-13(12)15;1-14(2,3)13-9-8-11-6-4-5-7-12(11)10-13;1-10(2,3)7-4-5-8-9(6-7)18-12(15,16)11(13,14)17-8;1-12(2,3)8-4-5-10-9(6-8)13-11(14)7-15-10;1-12(2,3)9-4-5-11-10(8-9)13-6-7-14-11;1-10(2,3)7-4-5-8-9(6-7)15-11(12,13)14-8/h5-12,17H,13-14H2,1-4H3;6-7,10H,8-9H2,1-5H3;7-9,13,15H,4-6H2,1-3H3;8-9,15H,4-7H2,1-3H3;8-10H,4-7H2,1-3H3;4-6H,1-3H3;4-6H,7H2,1-3H3,(H,13,14);4-5,8,13H,6-7H2,1-3H3;4-6H,1-3H3. The topological polar surface area (TPSA) is 140 Å². The molecule has 6 heterocycles. The molecular weight excluding hydrogens is 1820 g/mol. The second kappa shape index (κ2) is 44.7. The van der Waals surface area contributed by atoms with Crippen LogP contribution in [0.15, 0.2) is 193 Å². The van der Waals surface area contributed by atoms with E-state index in [-0.39, 0.29) is 83.7 Å². The van der Waals surface area contributed by atoms with Gasteiger partial charge < -0.3 is 54.2 Å². The zero-order valence-corrected chi connectivity index (χ0v) is 92.0. The van der Waals surface area contributed by atoms with Gasteiger partial charge in [-0.15, -0.1) is 20.5 Å². The van der Waals surface area contributed by atoms with E-state index in [0.29, 0.717) is 28.4 Å². The van der Waals surface area contributed by atoms with Crippen molar-refractivity contribution in [3.8, 4) is 40.2 Å². The van der Waals surface area contributed by atoms with Crippen LogP contribution in [0.1, 0.15) is 363 Å². The smallest absolute Gasteiger partial charge is 0.508 e. The second-order valence-corrected chi connectivity index (χ2v) is 50.6. The van der Waals surface area contributed by atoms with Crippen molar-refractivity contribution in [2.45, 2.75) is 374 Å².